The molecule has 5 nitrogen and oxygen atoms in total. The van der Waals surface area contributed by atoms with E-state index < -0.39 is 6.10 Å². The first-order valence-corrected chi connectivity index (χ1v) is 8.83. The molecule has 27 heavy (non-hydrogen) atoms. The number of benzene rings is 2. The molecule has 2 amide bonds. The first-order valence-electron chi connectivity index (χ1n) is 8.83. The number of carbonyl (C=O) groups excluding carboxylic acids is 2. The Bertz CT molecular complexity index is 816. The van der Waals surface area contributed by atoms with Crippen LogP contribution in [0.2, 0.25) is 0 Å². The van der Waals surface area contributed by atoms with Crippen LogP contribution >= 0.6 is 0 Å². The Morgan fingerprint density at radius 3 is 2.56 bits per heavy atom. The van der Waals surface area contributed by atoms with Gasteiger partial charge in [0.15, 0.2) is 0 Å². The molecule has 0 radical (unpaired) electrons. The Morgan fingerprint density at radius 1 is 1.19 bits per heavy atom. The number of anilines is 1. The number of carbonyl (C=O) groups is 2. The molecule has 0 bridgehead atoms. The Hall–Kier alpha value is -2.92. The van der Waals surface area contributed by atoms with Gasteiger partial charge in [-0.25, -0.2) is 0 Å². The van der Waals surface area contributed by atoms with Crippen molar-refractivity contribution >= 4 is 23.6 Å². The molecule has 0 saturated heterocycles. The lowest BCUT2D eigenvalue weighted by molar-refractivity contribution is -0.124. The number of aryl methyl sites for hydroxylation is 1. The number of ether oxygens (including phenoxy) is 1. The van der Waals surface area contributed by atoms with Gasteiger partial charge in [0.05, 0.1) is 0 Å². The van der Waals surface area contributed by atoms with Crippen LogP contribution in [0.1, 0.15) is 28.4 Å². The van der Waals surface area contributed by atoms with Crippen LogP contribution in [0.5, 0.6) is 0 Å². The van der Waals surface area contributed by atoms with Crippen molar-refractivity contribution < 1.29 is 14.3 Å². The second-order valence-corrected chi connectivity index (χ2v) is 6.40. The monoisotopic (exact) mass is 366 g/mol. The van der Waals surface area contributed by atoms with E-state index in [9.17, 15) is 9.59 Å². The van der Waals surface area contributed by atoms with Gasteiger partial charge >= 0.3 is 0 Å². The van der Waals surface area contributed by atoms with Gasteiger partial charge in [0.2, 0.25) is 0 Å². The summed E-state index contributed by atoms with van der Waals surface area (Å²) < 4.78 is 5.03. The van der Waals surface area contributed by atoms with Crippen LogP contribution in [0, 0.1) is 6.92 Å². The molecule has 5 heteroatoms. The smallest absolute Gasteiger partial charge is 0.253 e. The molecule has 142 valence electrons. The van der Waals surface area contributed by atoms with Crippen molar-refractivity contribution in [1.29, 1.82) is 0 Å². The molecular weight excluding hydrogens is 340 g/mol. The maximum atomic E-state index is 12.7. The van der Waals surface area contributed by atoms with Gasteiger partial charge in [0.1, 0.15) is 6.10 Å². The van der Waals surface area contributed by atoms with Crippen LogP contribution < -0.4 is 5.32 Å². The van der Waals surface area contributed by atoms with Crippen molar-refractivity contribution in [3.63, 3.8) is 0 Å². The number of methoxy groups -OCH3 is 1. The summed E-state index contributed by atoms with van der Waals surface area (Å²) in [6.07, 6.45) is 3.37. The highest BCUT2D eigenvalue weighted by molar-refractivity contribution is 5.98. The zero-order valence-electron chi connectivity index (χ0n) is 16.2. The maximum Gasteiger partial charge on any atom is 0.253 e. The molecule has 1 atom stereocenters. The van der Waals surface area contributed by atoms with E-state index in [-0.39, 0.29) is 11.8 Å². The van der Waals surface area contributed by atoms with Crippen LogP contribution in [0.3, 0.4) is 0 Å². The van der Waals surface area contributed by atoms with Crippen molar-refractivity contribution in [2.45, 2.75) is 20.0 Å². The number of amides is 2. The lowest BCUT2D eigenvalue weighted by atomic mass is 10.1. The predicted molar refractivity (Wildman–Crippen MR) is 109 cm³/mol. The van der Waals surface area contributed by atoms with Crippen LogP contribution in [-0.2, 0) is 9.53 Å². The number of hydrogen-bond acceptors (Lipinski definition) is 3. The number of likely N-dealkylation sites (N-methyl/N-ethyl adjacent to an activating group) is 1. The van der Waals surface area contributed by atoms with Gasteiger partial charge in [0, 0.05) is 32.0 Å². The molecule has 1 N–H and O–H groups in total. The highest BCUT2D eigenvalue weighted by Crippen LogP contribution is 2.18. The van der Waals surface area contributed by atoms with Gasteiger partial charge in [-0.15, -0.1) is 0 Å². The topological polar surface area (TPSA) is 58.6 Å². The SMILES string of the molecule is COC(C)C(=O)Nc1cc(C(=O)N(C)C/C=C/c2ccccc2)ccc1C. The fraction of sp³-hybridized carbons (Fsp3) is 0.273. The largest absolute Gasteiger partial charge is 0.372 e. The third-order valence-corrected chi connectivity index (χ3v) is 4.30. The summed E-state index contributed by atoms with van der Waals surface area (Å²) in [6.45, 7) is 4.05. The lowest BCUT2D eigenvalue weighted by Crippen LogP contribution is -2.28. The third-order valence-electron chi connectivity index (χ3n) is 4.30. The van der Waals surface area contributed by atoms with Gasteiger partial charge in [-0.3, -0.25) is 9.59 Å². The summed E-state index contributed by atoms with van der Waals surface area (Å²) in [6, 6.07) is 15.2. The average molecular weight is 366 g/mol. The maximum absolute atomic E-state index is 12.7. The Morgan fingerprint density at radius 2 is 1.89 bits per heavy atom. The van der Waals surface area contributed by atoms with Crippen LogP contribution in [0.4, 0.5) is 5.69 Å². The molecule has 2 aromatic carbocycles. The van der Waals surface area contributed by atoms with E-state index in [1.807, 2.05) is 55.5 Å². The Kier molecular flexibility index (Phi) is 7.32. The minimum atomic E-state index is -0.561. The summed E-state index contributed by atoms with van der Waals surface area (Å²) >= 11 is 0. The van der Waals surface area contributed by atoms with Gasteiger partial charge in [-0.05, 0) is 37.1 Å². The fourth-order valence-electron chi connectivity index (χ4n) is 2.45. The van der Waals surface area contributed by atoms with Gasteiger partial charge < -0.3 is 15.0 Å². The second-order valence-electron chi connectivity index (χ2n) is 6.40. The summed E-state index contributed by atoms with van der Waals surface area (Å²) in [7, 11) is 3.23. The van der Waals surface area contributed by atoms with Crippen molar-refractivity contribution in [3.8, 4) is 0 Å². The molecular formula is C22H26N2O3. The summed E-state index contributed by atoms with van der Waals surface area (Å²) in [5.41, 5.74) is 3.11. The van der Waals surface area contributed by atoms with E-state index in [4.69, 9.17) is 4.74 Å². The van der Waals surface area contributed by atoms with E-state index in [1.165, 1.54) is 7.11 Å². The second kappa shape index (κ2) is 9.69. The summed E-state index contributed by atoms with van der Waals surface area (Å²) in [5.74, 6) is -0.354. The minimum absolute atomic E-state index is 0.108. The van der Waals surface area contributed by atoms with E-state index in [2.05, 4.69) is 5.32 Å². The molecule has 2 rings (SSSR count). The van der Waals surface area contributed by atoms with Crippen LogP contribution in [0.15, 0.2) is 54.6 Å². The summed E-state index contributed by atoms with van der Waals surface area (Å²) in [4.78, 5) is 26.4. The number of rotatable bonds is 7. The minimum Gasteiger partial charge on any atom is -0.372 e. The van der Waals surface area contributed by atoms with Gasteiger partial charge in [-0.1, -0.05) is 48.6 Å². The number of nitrogens with zero attached hydrogens (tertiary/aromatic N) is 1. The Labute approximate surface area is 160 Å². The molecule has 0 spiro atoms. The third kappa shape index (κ3) is 5.79. The lowest BCUT2D eigenvalue weighted by Gasteiger charge is -2.17. The fourth-order valence-corrected chi connectivity index (χ4v) is 2.45. The zero-order chi connectivity index (χ0) is 19.8. The molecule has 0 aliphatic rings. The molecule has 0 aliphatic heterocycles. The number of nitrogens with one attached hydrogen (secondary N) is 1. The molecule has 2 aromatic rings. The quantitative estimate of drug-likeness (QED) is 0.812. The molecule has 1 unspecified atom stereocenters. The van der Waals surface area contributed by atoms with Crippen molar-refractivity contribution in [1.82, 2.24) is 4.90 Å². The first-order chi connectivity index (χ1) is 12.9. The van der Waals surface area contributed by atoms with Crippen molar-refractivity contribution in [2.24, 2.45) is 0 Å². The highest BCUT2D eigenvalue weighted by Gasteiger charge is 2.16. The van der Waals surface area contributed by atoms with Crippen molar-refractivity contribution in [3.05, 3.63) is 71.3 Å². The molecule has 0 heterocycles. The standard InChI is InChI=1S/C22H26N2O3/c1-16-12-13-19(15-20(16)23-21(25)17(2)27-4)22(26)24(3)14-8-11-18-9-6-5-7-10-18/h5-13,15,17H,14H2,1-4H3,(H,23,25)/b11-8+. The average Bonchev–Trinajstić information content (AvgIpc) is 2.69. The van der Waals surface area contributed by atoms with E-state index >= 15 is 0 Å². The number of hydrogen-bond donors (Lipinski definition) is 1. The van der Waals surface area contributed by atoms with E-state index in [0.717, 1.165) is 11.1 Å². The molecule has 0 aromatic heterocycles. The van der Waals surface area contributed by atoms with Gasteiger partial charge in [-0.2, -0.15) is 0 Å². The van der Waals surface area contributed by atoms with E-state index in [0.29, 0.717) is 17.8 Å². The normalized spacial score (nSPS) is 12.0. The first kappa shape index (κ1) is 20.4. The zero-order valence-corrected chi connectivity index (χ0v) is 16.2. The molecule has 0 saturated carbocycles. The molecule has 0 fully saturated rings. The van der Waals surface area contributed by atoms with Gasteiger partial charge in [0.25, 0.3) is 11.8 Å². The predicted octanol–water partition coefficient (Wildman–Crippen LogP) is 3.75. The van der Waals surface area contributed by atoms with E-state index in [1.54, 1.807) is 31.0 Å². The summed E-state index contributed by atoms with van der Waals surface area (Å²) in [5, 5.41) is 2.81. The Balaban J connectivity index is 2.05. The van der Waals surface area contributed by atoms with Crippen molar-refractivity contribution in [2.75, 3.05) is 26.0 Å². The molecule has 0 aliphatic carbocycles. The highest BCUT2D eigenvalue weighted by atomic mass is 16.5. The van der Waals surface area contributed by atoms with Crippen LogP contribution in [-0.4, -0.2) is 43.5 Å². The van der Waals surface area contributed by atoms with Crippen LogP contribution in [0.25, 0.3) is 6.08 Å².